The molecular formula is C21H26N4. The molecule has 1 N–H and O–H groups in total. The molecule has 0 unspecified atom stereocenters. The molecule has 4 nitrogen and oxygen atoms in total. The van der Waals surface area contributed by atoms with Gasteiger partial charge in [0, 0.05) is 38.4 Å². The van der Waals surface area contributed by atoms with Crippen LogP contribution in [0.1, 0.15) is 31.2 Å². The minimum absolute atomic E-state index is 0.594. The number of hydrogen-bond acceptors (Lipinski definition) is 2. The Kier molecular flexibility index (Phi) is 4.43. The monoisotopic (exact) mass is 334 g/mol. The number of nitrogens with one attached hydrogen (secondary N) is 1. The number of likely N-dealkylation sites (tertiary alicyclic amines) is 1. The van der Waals surface area contributed by atoms with Crippen molar-refractivity contribution in [2.24, 2.45) is 10.4 Å². The second-order valence-electron chi connectivity index (χ2n) is 7.34. The zero-order valence-corrected chi connectivity index (χ0v) is 14.9. The van der Waals surface area contributed by atoms with Gasteiger partial charge >= 0.3 is 0 Å². The molecule has 0 atom stereocenters. The summed E-state index contributed by atoms with van der Waals surface area (Å²) in [6, 6.07) is 14.6. The highest BCUT2D eigenvalue weighted by Gasteiger charge is 2.43. The highest BCUT2D eigenvalue weighted by molar-refractivity contribution is 5.80. The minimum Gasteiger partial charge on any atom is -0.352 e. The van der Waals surface area contributed by atoms with E-state index in [1.807, 2.05) is 31.4 Å². The van der Waals surface area contributed by atoms with Gasteiger partial charge in [-0.15, -0.1) is 0 Å². The molecule has 2 heterocycles. The summed E-state index contributed by atoms with van der Waals surface area (Å²) < 4.78 is 0. The predicted molar refractivity (Wildman–Crippen MR) is 102 cm³/mol. The Balaban J connectivity index is 1.40. The summed E-state index contributed by atoms with van der Waals surface area (Å²) in [6.07, 6.45) is 7.36. The van der Waals surface area contributed by atoms with Gasteiger partial charge in [-0.25, -0.2) is 0 Å². The molecule has 0 radical (unpaired) electrons. The fourth-order valence-electron chi connectivity index (χ4n) is 4.09. The maximum absolute atomic E-state index is 4.51. The number of rotatable bonds is 3. The summed E-state index contributed by atoms with van der Waals surface area (Å²) in [6.45, 7) is 3.09. The van der Waals surface area contributed by atoms with Crippen molar-refractivity contribution in [1.82, 2.24) is 15.2 Å². The molecule has 1 aromatic heterocycles. The molecule has 1 aromatic carbocycles. The van der Waals surface area contributed by atoms with Crippen LogP contribution in [0, 0.1) is 5.41 Å². The normalized spacial score (nSPS) is 19.1. The summed E-state index contributed by atoms with van der Waals surface area (Å²) in [4.78, 5) is 11.4. The first-order chi connectivity index (χ1) is 12.3. The summed E-state index contributed by atoms with van der Waals surface area (Å²) in [5.74, 6) is 1.03. The fourth-order valence-corrected chi connectivity index (χ4v) is 4.09. The van der Waals surface area contributed by atoms with E-state index in [0.717, 1.165) is 30.3 Å². The van der Waals surface area contributed by atoms with E-state index in [2.05, 4.69) is 44.5 Å². The molecule has 1 saturated carbocycles. The number of hydrogen-bond donors (Lipinski definition) is 1. The number of nitrogens with zero attached hydrogens (tertiary/aromatic N) is 3. The van der Waals surface area contributed by atoms with Gasteiger partial charge in [0.05, 0.1) is 5.69 Å². The number of pyridine rings is 1. The lowest BCUT2D eigenvalue weighted by atomic mass is 9.68. The molecule has 1 aliphatic carbocycles. The number of aliphatic imine (C=N–C) groups is 1. The average molecular weight is 334 g/mol. The third-order valence-electron chi connectivity index (χ3n) is 5.70. The number of aromatic nitrogens is 1. The lowest BCUT2D eigenvalue weighted by Crippen LogP contribution is -2.42. The largest absolute Gasteiger partial charge is 0.352 e. The quantitative estimate of drug-likeness (QED) is 0.687. The number of guanidine groups is 1. The van der Waals surface area contributed by atoms with Gasteiger partial charge in [0.25, 0.3) is 0 Å². The smallest absolute Gasteiger partial charge is 0.193 e. The molecule has 1 spiro atoms. The third kappa shape index (κ3) is 3.39. The average Bonchev–Trinajstić information content (AvgIpc) is 3.09. The van der Waals surface area contributed by atoms with E-state index in [1.54, 1.807) is 0 Å². The van der Waals surface area contributed by atoms with E-state index >= 15 is 0 Å². The Hall–Kier alpha value is -2.36. The van der Waals surface area contributed by atoms with Crippen molar-refractivity contribution in [3.8, 4) is 11.3 Å². The van der Waals surface area contributed by atoms with Crippen molar-refractivity contribution < 1.29 is 0 Å². The van der Waals surface area contributed by atoms with E-state index in [9.17, 15) is 0 Å². The highest BCUT2D eigenvalue weighted by atomic mass is 15.3. The first-order valence-corrected chi connectivity index (χ1v) is 9.24. The van der Waals surface area contributed by atoms with Gasteiger partial charge in [-0.1, -0.05) is 30.7 Å². The van der Waals surface area contributed by atoms with Gasteiger partial charge in [-0.05, 0) is 48.4 Å². The summed E-state index contributed by atoms with van der Waals surface area (Å²) >= 11 is 0. The van der Waals surface area contributed by atoms with Crippen molar-refractivity contribution in [3.05, 3.63) is 54.2 Å². The molecule has 0 bridgehead atoms. The van der Waals surface area contributed by atoms with Gasteiger partial charge in [0.2, 0.25) is 0 Å². The SMILES string of the molecule is CN=C(NCc1cccc(-c2ccccn2)c1)N1CCC2(CCC2)C1. The van der Waals surface area contributed by atoms with E-state index < -0.39 is 0 Å². The van der Waals surface area contributed by atoms with Crippen molar-refractivity contribution in [1.29, 1.82) is 0 Å². The van der Waals surface area contributed by atoms with Crippen LogP contribution in [-0.2, 0) is 6.54 Å². The molecule has 130 valence electrons. The standard InChI is InChI=1S/C21H26N4/c1-22-20(25-13-11-21(16-25)9-5-10-21)24-15-17-6-4-7-18(14-17)19-8-2-3-12-23-19/h2-4,6-8,12,14H,5,9-11,13,15-16H2,1H3,(H,22,24). The molecule has 4 rings (SSSR count). The lowest BCUT2D eigenvalue weighted by Gasteiger charge is -2.38. The van der Waals surface area contributed by atoms with Gasteiger partial charge < -0.3 is 10.2 Å². The van der Waals surface area contributed by atoms with Crippen LogP contribution in [0.5, 0.6) is 0 Å². The molecule has 2 aromatic rings. The maximum atomic E-state index is 4.51. The predicted octanol–water partition coefficient (Wildman–Crippen LogP) is 3.70. The van der Waals surface area contributed by atoms with Crippen molar-refractivity contribution in [3.63, 3.8) is 0 Å². The van der Waals surface area contributed by atoms with Gasteiger partial charge in [-0.3, -0.25) is 9.98 Å². The Labute approximate surface area is 150 Å². The van der Waals surface area contributed by atoms with Crippen LogP contribution < -0.4 is 5.32 Å². The molecule has 2 fully saturated rings. The van der Waals surface area contributed by atoms with Gasteiger partial charge in [0.15, 0.2) is 5.96 Å². The van der Waals surface area contributed by atoms with Crippen LogP contribution in [-0.4, -0.2) is 36.0 Å². The van der Waals surface area contributed by atoms with E-state index in [-0.39, 0.29) is 0 Å². The van der Waals surface area contributed by atoms with E-state index in [4.69, 9.17) is 0 Å². The van der Waals surface area contributed by atoms with Gasteiger partial charge in [-0.2, -0.15) is 0 Å². The highest BCUT2D eigenvalue weighted by Crippen LogP contribution is 2.47. The topological polar surface area (TPSA) is 40.5 Å². The molecule has 1 saturated heterocycles. The van der Waals surface area contributed by atoms with Crippen LogP contribution in [0.3, 0.4) is 0 Å². The molecule has 0 amide bonds. The molecule has 25 heavy (non-hydrogen) atoms. The van der Waals surface area contributed by atoms with Crippen LogP contribution in [0.25, 0.3) is 11.3 Å². The van der Waals surface area contributed by atoms with Crippen LogP contribution in [0.4, 0.5) is 0 Å². The second kappa shape index (κ2) is 6.87. The molecule has 4 heteroatoms. The van der Waals surface area contributed by atoms with Crippen molar-refractivity contribution in [2.75, 3.05) is 20.1 Å². The lowest BCUT2D eigenvalue weighted by molar-refractivity contribution is 0.151. The fraction of sp³-hybridized carbons (Fsp3) is 0.429. The zero-order valence-electron chi connectivity index (χ0n) is 14.9. The first kappa shape index (κ1) is 16.1. The Morgan fingerprint density at radius 2 is 2.12 bits per heavy atom. The molecule has 1 aliphatic heterocycles. The van der Waals surface area contributed by atoms with Crippen molar-refractivity contribution >= 4 is 5.96 Å². The van der Waals surface area contributed by atoms with Crippen LogP contribution in [0.15, 0.2) is 53.7 Å². The molecular weight excluding hydrogens is 308 g/mol. The Morgan fingerprint density at radius 3 is 2.80 bits per heavy atom. The van der Waals surface area contributed by atoms with E-state index in [1.165, 1.54) is 37.8 Å². The summed E-state index contributed by atoms with van der Waals surface area (Å²) in [7, 11) is 1.89. The zero-order chi connectivity index (χ0) is 17.1. The molecule has 2 aliphatic rings. The van der Waals surface area contributed by atoms with Crippen LogP contribution >= 0.6 is 0 Å². The third-order valence-corrected chi connectivity index (χ3v) is 5.70. The number of benzene rings is 1. The minimum atomic E-state index is 0.594. The second-order valence-corrected chi connectivity index (χ2v) is 7.34. The maximum Gasteiger partial charge on any atom is 0.193 e. The van der Waals surface area contributed by atoms with Gasteiger partial charge in [0.1, 0.15) is 0 Å². The van der Waals surface area contributed by atoms with E-state index in [0.29, 0.717) is 5.41 Å². The Morgan fingerprint density at radius 1 is 1.20 bits per heavy atom. The van der Waals surface area contributed by atoms with Crippen LogP contribution in [0.2, 0.25) is 0 Å². The first-order valence-electron chi connectivity index (χ1n) is 9.24. The van der Waals surface area contributed by atoms with Crippen molar-refractivity contribution in [2.45, 2.75) is 32.2 Å². The summed E-state index contributed by atoms with van der Waals surface area (Å²) in [5, 5.41) is 3.55. The Bertz CT molecular complexity index is 750. The summed E-state index contributed by atoms with van der Waals surface area (Å²) in [5.41, 5.74) is 4.02.